The van der Waals surface area contributed by atoms with Gasteiger partial charge >= 0.3 is 0 Å². The van der Waals surface area contributed by atoms with Crippen molar-refractivity contribution in [3.63, 3.8) is 0 Å². The zero-order valence-corrected chi connectivity index (χ0v) is 12.2. The summed E-state index contributed by atoms with van der Waals surface area (Å²) in [5.74, 6) is -0.00926. The molecule has 1 aromatic carbocycles. The lowest BCUT2D eigenvalue weighted by atomic mass is 10.1. The van der Waals surface area contributed by atoms with Gasteiger partial charge in [0.25, 0.3) is 0 Å². The van der Waals surface area contributed by atoms with E-state index < -0.39 is 0 Å². The van der Waals surface area contributed by atoms with E-state index in [0.29, 0.717) is 5.69 Å². The first-order chi connectivity index (χ1) is 10.3. The number of halogens is 1. The Balaban J connectivity index is 1.62. The van der Waals surface area contributed by atoms with Crippen molar-refractivity contribution in [2.45, 2.75) is 25.3 Å². The van der Waals surface area contributed by atoms with Crippen LogP contribution in [0.1, 0.15) is 19.3 Å². The van der Waals surface area contributed by atoms with Crippen molar-refractivity contribution in [3.8, 4) is 0 Å². The van der Waals surface area contributed by atoms with Crippen molar-refractivity contribution in [1.29, 1.82) is 0 Å². The predicted molar refractivity (Wildman–Crippen MR) is 80.8 cm³/mol. The Hall–Kier alpha value is -1.62. The molecule has 1 aromatic rings. The summed E-state index contributed by atoms with van der Waals surface area (Å²) in [6.07, 6.45) is 3.10. The van der Waals surface area contributed by atoms with Gasteiger partial charge in [0.2, 0.25) is 5.91 Å². The van der Waals surface area contributed by atoms with E-state index in [2.05, 4.69) is 15.1 Å². The fraction of sp³-hybridized carbons (Fsp3) is 0.562. The average molecular weight is 291 g/mol. The third kappa shape index (κ3) is 3.18. The molecular weight excluding hydrogens is 269 g/mol. The molecule has 3 rings (SSSR count). The summed E-state index contributed by atoms with van der Waals surface area (Å²) in [5.41, 5.74) is 0.669. The molecule has 0 aliphatic carbocycles. The first kappa shape index (κ1) is 14.3. The smallest absolute Gasteiger partial charge is 0.237 e. The van der Waals surface area contributed by atoms with Crippen molar-refractivity contribution in [1.82, 2.24) is 10.2 Å². The Morgan fingerprint density at radius 3 is 2.62 bits per heavy atom. The zero-order valence-electron chi connectivity index (χ0n) is 12.2. The van der Waals surface area contributed by atoms with E-state index in [4.69, 9.17) is 0 Å². The standard InChI is InChI=1S/C16H22FN3O/c17-13-5-1-2-6-14(13)19-9-11-20(12-10-19)15-7-3-4-8-18-16(15)21/h1-2,5-6,15H,3-4,7-12H2,(H,18,21). The quantitative estimate of drug-likeness (QED) is 0.899. The van der Waals surface area contributed by atoms with Gasteiger partial charge in [-0.1, -0.05) is 12.1 Å². The van der Waals surface area contributed by atoms with E-state index in [-0.39, 0.29) is 17.8 Å². The maximum atomic E-state index is 13.8. The number of hydrogen-bond acceptors (Lipinski definition) is 3. The van der Waals surface area contributed by atoms with Crippen LogP contribution in [0.3, 0.4) is 0 Å². The van der Waals surface area contributed by atoms with Crippen LogP contribution < -0.4 is 10.2 Å². The van der Waals surface area contributed by atoms with Gasteiger partial charge in [-0.3, -0.25) is 9.69 Å². The summed E-state index contributed by atoms with van der Waals surface area (Å²) in [6.45, 7) is 3.96. The van der Waals surface area contributed by atoms with Crippen LogP contribution in [0, 0.1) is 5.82 Å². The van der Waals surface area contributed by atoms with Crippen molar-refractivity contribution >= 4 is 11.6 Å². The molecule has 21 heavy (non-hydrogen) atoms. The van der Waals surface area contributed by atoms with Gasteiger partial charge in [-0.15, -0.1) is 0 Å². The highest BCUT2D eigenvalue weighted by Gasteiger charge is 2.30. The number of para-hydroxylation sites is 1. The molecule has 2 aliphatic rings. The minimum absolute atomic E-state index is 0.00438. The minimum atomic E-state index is -0.168. The van der Waals surface area contributed by atoms with Crippen molar-refractivity contribution in [3.05, 3.63) is 30.1 Å². The predicted octanol–water partition coefficient (Wildman–Crippen LogP) is 1.62. The lowest BCUT2D eigenvalue weighted by Gasteiger charge is -2.39. The van der Waals surface area contributed by atoms with E-state index in [9.17, 15) is 9.18 Å². The molecule has 5 heteroatoms. The summed E-state index contributed by atoms with van der Waals surface area (Å²) in [4.78, 5) is 16.4. The van der Waals surface area contributed by atoms with Crippen molar-refractivity contribution in [2.24, 2.45) is 0 Å². The van der Waals surface area contributed by atoms with Gasteiger partial charge in [0.1, 0.15) is 5.82 Å². The van der Waals surface area contributed by atoms with Gasteiger partial charge in [0.15, 0.2) is 0 Å². The van der Waals surface area contributed by atoms with Crippen LogP contribution in [0.5, 0.6) is 0 Å². The Labute approximate surface area is 124 Å². The Morgan fingerprint density at radius 1 is 1.10 bits per heavy atom. The van der Waals surface area contributed by atoms with Crippen LogP contribution in [0.15, 0.2) is 24.3 Å². The number of benzene rings is 1. The van der Waals surface area contributed by atoms with Gasteiger partial charge in [-0.2, -0.15) is 0 Å². The number of amides is 1. The molecule has 1 atom stereocenters. The minimum Gasteiger partial charge on any atom is -0.367 e. The van der Waals surface area contributed by atoms with Crippen LogP contribution >= 0.6 is 0 Å². The second-order valence-electron chi connectivity index (χ2n) is 5.78. The molecule has 2 aliphatic heterocycles. The summed E-state index contributed by atoms with van der Waals surface area (Å²) in [7, 11) is 0. The largest absolute Gasteiger partial charge is 0.367 e. The van der Waals surface area contributed by atoms with Crippen LogP contribution in [0.2, 0.25) is 0 Å². The Kier molecular flexibility index (Phi) is 4.39. The highest BCUT2D eigenvalue weighted by molar-refractivity contribution is 5.82. The van der Waals surface area contributed by atoms with E-state index >= 15 is 0 Å². The number of hydrogen-bond donors (Lipinski definition) is 1. The highest BCUT2D eigenvalue weighted by atomic mass is 19.1. The summed E-state index contributed by atoms with van der Waals surface area (Å²) < 4.78 is 13.8. The molecule has 0 radical (unpaired) electrons. The first-order valence-corrected chi connectivity index (χ1v) is 7.77. The molecule has 1 amide bonds. The fourth-order valence-electron chi connectivity index (χ4n) is 3.25. The molecule has 0 aromatic heterocycles. The number of piperazine rings is 1. The summed E-state index contributed by atoms with van der Waals surface area (Å²) in [6, 6.07) is 6.90. The van der Waals surface area contributed by atoms with Crippen LogP contribution in [0.25, 0.3) is 0 Å². The normalized spacial score (nSPS) is 24.5. The Morgan fingerprint density at radius 2 is 1.86 bits per heavy atom. The average Bonchev–Trinajstić information content (AvgIpc) is 2.73. The molecule has 2 saturated heterocycles. The lowest BCUT2D eigenvalue weighted by Crippen LogP contribution is -2.54. The van der Waals surface area contributed by atoms with Gasteiger partial charge in [-0.05, 0) is 31.4 Å². The third-order valence-electron chi connectivity index (χ3n) is 4.45. The molecule has 1 unspecified atom stereocenters. The fourth-order valence-corrected chi connectivity index (χ4v) is 3.25. The second kappa shape index (κ2) is 6.43. The van der Waals surface area contributed by atoms with Gasteiger partial charge in [-0.25, -0.2) is 4.39 Å². The monoisotopic (exact) mass is 291 g/mol. The van der Waals surface area contributed by atoms with E-state index in [1.165, 1.54) is 6.07 Å². The van der Waals surface area contributed by atoms with Crippen LogP contribution in [-0.4, -0.2) is 49.6 Å². The Bertz CT molecular complexity index is 500. The molecule has 1 N–H and O–H groups in total. The molecule has 0 bridgehead atoms. The van der Waals surface area contributed by atoms with E-state index in [1.807, 2.05) is 12.1 Å². The summed E-state index contributed by atoms with van der Waals surface area (Å²) in [5, 5.41) is 2.99. The van der Waals surface area contributed by atoms with E-state index in [1.54, 1.807) is 6.07 Å². The van der Waals surface area contributed by atoms with Gasteiger partial charge in [0, 0.05) is 32.7 Å². The molecule has 114 valence electrons. The number of nitrogens with one attached hydrogen (secondary N) is 1. The first-order valence-electron chi connectivity index (χ1n) is 7.77. The van der Waals surface area contributed by atoms with Gasteiger partial charge in [0.05, 0.1) is 11.7 Å². The van der Waals surface area contributed by atoms with Crippen molar-refractivity contribution < 1.29 is 9.18 Å². The highest BCUT2D eigenvalue weighted by Crippen LogP contribution is 2.22. The molecule has 4 nitrogen and oxygen atoms in total. The van der Waals surface area contributed by atoms with Gasteiger partial charge < -0.3 is 10.2 Å². The van der Waals surface area contributed by atoms with Crippen molar-refractivity contribution in [2.75, 3.05) is 37.6 Å². The number of anilines is 1. The second-order valence-corrected chi connectivity index (χ2v) is 5.78. The topological polar surface area (TPSA) is 35.6 Å². The molecule has 0 spiro atoms. The molecule has 0 saturated carbocycles. The number of carbonyl (C=O) groups excluding carboxylic acids is 1. The molecule has 2 heterocycles. The van der Waals surface area contributed by atoms with E-state index in [0.717, 1.165) is 52.0 Å². The summed E-state index contributed by atoms with van der Waals surface area (Å²) >= 11 is 0. The molecule has 2 fully saturated rings. The maximum absolute atomic E-state index is 13.8. The van der Waals surface area contributed by atoms with Crippen LogP contribution in [-0.2, 0) is 4.79 Å². The number of rotatable bonds is 2. The molecular formula is C16H22FN3O. The maximum Gasteiger partial charge on any atom is 0.237 e. The third-order valence-corrected chi connectivity index (χ3v) is 4.45. The SMILES string of the molecule is O=C1NCCCCC1N1CCN(c2ccccc2F)CC1. The lowest BCUT2D eigenvalue weighted by molar-refractivity contribution is -0.126. The zero-order chi connectivity index (χ0) is 14.7. The van der Waals surface area contributed by atoms with Crippen LogP contribution in [0.4, 0.5) is 10.1 Å². The number of carbonyl (C=O) groups is 1. The number of nitrogens with zero attached hydrogens (tertiary/aromatic N) is 2.